The topological polar surface area (TPSA) is 108 Å². The molecule has 0 rings (SSSR count). The third-order valence-electron chi connectivity index (χ3n) is 15.7. The third kappa shape index (κ3) is 71.0. The number of unbranched alkanes of at least 4 members (excludes halogenated alkanes) is 32. The molecule has 89 heavy (non-hydrogen) atoms. The van der Waals surface area contributed by atoms with Crippen LogP contribution in [0.3, 0.4) is 0 Å². The van der Waals surface area contributed by atoms with Crippen LogP contribution in [0.2, 0.25) is 0 Å². The molecule has 0 aromatic rings. The number of carbonyl (C=O) groups excluding carboxylic acids is 2. The van der Waals surface area contributed by atoms with Crippen molar-refractivity contribution in [1.29, 1.82) is 0 Å². The molecule has 0 bridgehead atoms. The van der Waals surface area contributed by atoms with E-state index in [1.54, 1.807) is 0 Å². The second-order valence-electron chi connectivity index (χ2n) is 25.5. The molecular formula is C80H138NO8+. The van der Waals surface area contributed by atoms with Crippen molar-refractivity contribution in [2.75, 3.05) is 47.5 Å². The number of esters is 2. The summed E-state index contributed by atoms with van der Waals surface area (Å²) < 4.78 is 23.0. The van der Waals surface area contributed by atoms with Crippen LogP contribution in [0.1, 0.15) is 309 Å². The van der Waals surface area contributed by atoms with Crippen LogP contribution < -0.4 is 0 Å². The van der Waals surface area contributed by atoms with Gasteiger partial charge in [-0.3, -0.25) is 9.59 Å². The standard InChI is InChI=1S/C80H137NO8/c1-6-8-10-12-14-16-18-20-22-24-26-28-30-32-33-34-35-36-37-38-39-40-41-42-43-44-45-47-49-51-53-55-57-59-61-63-65-67-69-71-78(83)89-76(75-88-80(79(84)85)86-73-72-81(3,4)5)74-87-77(82)70-68-66-64-62-60-58-56-54-52-50-48-46-31-29-27-25-23-21-19-17-15-13-11-9-7-2/h8,10,14,16,20,22,26,28,32-33,35-36,38-39,41-42,44-45,49,51,76,80H,6-7,9,11-13,15,17-19,21,23-25,27,29-31,34,37,40,43,46-48,50,52-75H2,1-5H3/p+1/b10-8-,16-14-,22-20-,28-26-,33-32-,36-35-,39-38-,42-41-,45-44-,51-49-. The summed E-state index contributed by atoms with van der Waals surface area (Å²) >= 11 is 0. The quantitative estimate of drug-likeness (QED) is 0.0211. The first kappa shape index (κ1) is 84.7. The molecule has 2 atom stereocenters. The van der Waals surface area contributed by atoms with E-state index in [0.29, 0.717) is 23.9 Å². The number of hydrogen-bond donors (Lipinski definition) is 1. The maximum absolute atomic E-state index is 13.0. The number of quaternary nitrogens is 1. The van der Waals surface area contributed by atoms with Crippen LogP contribution in [0.4, 0.5) is 0 Å². The SMILES string of the molecule is CC/C=C\C/C=C\C/C=C\C/C=C\C/C=C\C/C=C\C/C=C\C/C=C\C/C=C\C/C=C\CCCCCCCCCCC(=O)OC(COC(=O)CCCCCCCCCCCCCCCCCCCCCCCCCCC)COC(OCC[N+](C)(C)C)C(=O)O. The average Bonchev–Trinajstić information content (AvgIpc) is 3.64. The Hall–Kier alpha value is -4.31. The molecule has 0 aliphatic carbocycles. The zero-order valence-electron chi connectivity index (χ0n) is 58.3. The highest BCUT2D eigenvalue weighted by atomic mass is 16.7. The van der Waals surface area contributed by atoms with Crippen LogP contribution in [0.5, 0.6) is 0 Å². The Morgan fingerprint density at radius 3 is 0.955 bits per heavy atom. The molecule has 0 saturated heterocycles. The number of carboxylic acid groups (broad SMARTS) is 1. The van der Waals surface area contributed by atoms with E-state index in [4.69, 9.17) is 18.9 Å². The summed E-state index contributed by atoms with van der Waals surface area (Å²) in [5, 5.41) is 9.75. The zero-order valence-corrected chi connectivity index (χ0v) is 58.3. The first-order valence-electron chi connectivity index (χ1n) is 36.7. The van der Waals surface area contributed by atoms with Crippen molar-refractivity contribution in [3.05, 3.63) is 122 Å². The van der Waals surface area contributed by atoms with Gasteiger partial charge in [-0.15, -0.1) is 0 Å². The predicted octanol–water partition coefficient (Wildman–Crippen LogP) is 23.1. The molecule has 0 saturated carbocycles. The molecule has 0 fully saturated rings. The minimum Gasteiger partial charge on any atom is -0.477 e. The number of ether oxygens (including phenoxy) is 4. The Bertz CT molecular complexity index is 1880. The highest BCUT2D eigenvalue weighted by molar-refractivity contribution is 5.71. The van der Waals surface area contributed by atoms with Gasteiger partial charge in [-0.1, -0.05) is 328 Å². The van der Waals surface area contributed by atoms with E-state index in [1.807, 2.05) is 21.1 Å². The molecule has 0 radical (unpaired) electrons. The first-order chi connectivity index (χ1) is 43.6. The Labute approximate surface area is 548 Å². The minimum absolute atomic E-state index is 0.182. The van der Waals surface area contributed by atoms with Crippen molar-refractivity contribution in [2.45, 2.75) is 322 Å². The van der Waals surface area contributed by atoms with Gasteiger partial charge in [0.15, 0.2) is 6.10 Å². The molecule has 0 heterocycles. The number of likely N-dealkylation sites (N-methyl/N-ethyl adjacent to an activating group) is 1. The predicted molar refractivity (Wildman–Crippen MR) is 382 cm³/mol. The van der Waals surface area contributed by atoms with Crippen molar-refractivity contribution in [2.24, 2.45) is 0 Å². The van der Waals surface area contributed by atoms with Gasteiger partial charge in [-0.25, -0.2) is 4.79 Å². The van der Waals surface area contributed by atoms with E-state index in [-0.39, 0.29) is 32.2 Å². The Morgan fingerprint density at radius 2 is 0.640 bits per heavy atom. The smallest absolute Gasteiger partial charge is 0.361 e. The third-order valence-corrected chi connectivity index (χ3v) is 15.7. The monoisotopic (exact) mass is 1240 g/mol. The number of carboxylic acids is 1. The Morgan fingerprint density at radius 1 is 0.348 bits per heavy atom. The Balaban J connectivity index is 4.15. The fourth-order valence-electron chi connectivity index (χ4n) is 10.2. The van der Waals surface area contributed by atoms with Crippen LogP contribution in [-0.2, 0) is 33.3 Å². The number of rotatable bonds is 67. The zero-order chi connectivity index (χ0) is 64.7. The van der Waals surface area contributed by atoms with Gasteiger partial charge < -0.3 is 28.5 Å². The molecule has 0 aliphatic heterocycles. The maximum atomic E-state index is 13.0. The van der Waals surface area contributed by atoms with Crippen molar-refractivity contribution in [3.63, 3.8) is 0 Å². The lowest BCUT2D eigenvalue weighted by Gasteiger charge is -2.25. The van der Waals surface area contributed by atoms with Gasteiger partial charge in [0.2, 0.25) is 0 Å². The van der Waals surface area contributed by atoms with Crippen molar-refractivity contribution in [1.82, 2.24) is 0 Å². The summed E-state index contributed by atoms with van der Waals surface area (Å²) in [7, 11) is 5.98. The largest absolute Gasteiger partial charge is 0.477 e. The van der Waals surface area contributed by atoms with E-state index >= 15 is 0 Å². The molecule has 9 nitrogen and oxygen atoms in total. The maximum Gasteiger partial charge on any atom is 0.361 e. The summed E-state index contributed by atoms with van der Waals surface area (Å²) in [6.45, 7) is 4.78. The highest BCUT2D eigenvalue weighted by Crippen LogP contribution is 2.18. The molecule has 0 aromatic heterocycles. The van der Waals surface area contributed by atoms with Crippen LogP contribution in [0.15, 0.2) is 122 Å². The normalized spacial score (nSPS) is 13.4. The van der Waals surface area contributed by atoms with Gasteiger partial charge in [-0.2, -0.15) is 0 Å². The van der Waals surface area contributed by atoms with Gasteiger partial charge in [0.05, 0.1) is 34.4 Å². The average molecular weight is 1240 g/mol. The molecule has 9 heteroatoms. The molecule has 2 unspecified atom stereocenters. The number of nitrogens with zero attached hydrogens (tertiary/aromatic N) is 1. The van der Waals surface area contributed by atoms with E-state index in [1.165, 1.54) is 167 Å². The summed E-state index contributed by atoms with van der Waals surface area (Å²) in [4.78, 5) is 37.7. The fourth-order valence-corrected chi connectivity index (χ4v) is 10.2. The number of aliphatic carboxylic acids is 1. The van der Waals surface area contributed by atoms with Gasteiger partial charge in [0, 0.05) is 12.8 Å². The minimum atomic E-state index is -1.52. The Kier molecular flexibility index (Phi) is 66.2. The summed E-state index contributed by atoms with van der Waals surface area (Å²) in [6, 6.07) is 0. The van der Waals surface area contributed by atoms with Crippen LogP contribution in [-0.4, -0.2) is 87.4 Å². The lowest BCUT2D eigenvalue weighted by molar-refractivity contribution is -0.870. The molecule has 0 amide bonds. The van der Waals surface area contributed by atoms with E-state index < -0.39 is 24.3 Å². The summed E-state index contributed by atoms with van der Waals surface area (Å²) in [5.74, 6) is -2.01. The summed E-state index contributed by atoms with van der Waals surface area (Å²) in [5.41, 5.74) is 0. The van der Waals surface area contributed by atoms with Gasteiger partial charge in [-0.05, 0) is 89.9 Å². The molecule has 1 N–H and O–H groups in total. The molecular weight excluding hydrogens is 1100 g/mol. The highest BCUT2D eigenvalue weighted by Gasteiger charge is 2.25. The van der Waals surface area contributed by atoms with Crippen LogP contribution in [0.25, 0.3) is 0 Å². The number of hydrogen-bond acceptors (Lipinski definition) is 7. The van der Waals surface area contributed by atoms with Gasteiger partial charge in [0.1, 0.15) is 13.2 Å². The molecule has 510 valence electrons. The van der Waals surface area contributed by atoms with Crippen LogP contribution >= 0.6 is 0 Å². The number of allylic oxidation sites excluding steroid dienone is 20. The molecule has 0 aromatic carbocycles. The van der Waals surface area contributed by atoms with Gasteiger partial charge >= 0.3 is 17.9 Å². The van der Waals surface area contributed by atoms with E-state index in [2.05, 4.69) is 135 Å². The first-order valence-corrected chi connectivity index (χ1v) is 36.7. The van der Waals surface area contributed by atoms with Crippen molar-refractivity contribution >= 4 is 17.9 Å². The fraction of sp³-hybridized carbons (Fsp3) is 0.713. The van der Waals surface area contributed by atoms with Crippen LogP contribution in [0, 0.1) is 0 Å². The van der Waals surface area contributed by atoms with Gasteiger partial charge in [0.25, 0.3) is 6.29 Å². The second kappa shape index (κ2) is 69.6. The van der Waals surface area contributed by atoms with E-state index in [9.17, 15) is 19.5 Å². The summed E-state index contributed by atoms with van der Waals surface area (Å²) in [6.07, 6.45) is 96.0. The lowest BCUT2D eigenvalue weighted by Crippen LogP contribution is -2.40. The van der Waals surface area contributed by atoms with Crippen molar-refractivity contribution < 1.29 is 42.9 Å². The molecule has 0 spiro atoms. The second-order valence-corrected chi connectivity index (χ2v) is 25.5. The van der Waals surface area contributed by atoms with E-state index in [0.717, 1.165) is 109 Å². The van der Waals surface area contributed by atoms with Crippen molar-refractivity contribution in [3.8, 4) is 0 Å². The lowest BCUT2D eigenvalue weighted by atomic mass is 10.0. The molecule has 0 aliphatic rings. The number of carbonyl (C=O) groups is 3.